The molecule has 1 aliphatic carbocycles. The molecule has 2 aromatic rings. The molecule has 5 nitrogen and oxygen atoms in total. The van der Waals surface area contributed by atoms with Crippen LogP contribution in [-0.2, 0) is 17.6 Å². The van der Waals surface area contributed by atoms with Gasteiger partial charge in [0.1, 0.15) is 0 Å². The first-order chi connectivity index (χ1) is 14.8. The van der Waals surface area contributed by atoms with Gasteiger partial charge in [0.25, 0.3) is 5.91 Å². The van der Waals surface area contributed by atoms with E-state index >= 15 is 0 Å². The van der Waals surface area contributed by atoms with Crippen LogP contribution in [0.2, 0.25) is 0 Å². The summed E-state index contributed by atoms with van der Waals surface area (Å²) in [5.41, 5.74) is 5.35. The van der Waals surface area contributed by atoms with Gasteiger partial charge >= 0.3 is 0 Å². The van der Waals surface area contributed by atoms with Crippen molar-refractivity contribution in [3.05, 3.63) is 64.2 Å². The van der Waals surface area contributed by atoms with Crippen LogP contribution >= 0.6 is 0 Å². The summed E-state index contributed by atoms with van der Waals surface area (Å²) in [6.45, 7) is 6.56. The zero-order chi connectivity index (χ0) is 22.4. The highest BCUT2D eigenvalue weighted by Crippen LogP contribution is 2.23. The summed E-state index contributed by atoms with van der Waals surface area (Å²) in [7, 11) is 0. The van der Waals surface area contributed by atoms with E-state index in [1.54, 1.807) is 18.2 Å². The lowest BCUT2D eigenvalue weighted by Gasteiger charge is -2.16. The van der Waals surface area contributed by atoms with Gasteiger partial charge in [0.05, 0.1) is 0 Å². The van der Waals surface area contributed by atoms with E-state index in [2.05, 4.69) is 16.7 Å². The molecule has 3 rings (SSSR count). The SMILES string of the molecule is Cc1cc(C(=O)NCC(C)C)ccc1NC(=O)CCC(=O)c1ccc2c(c1)CCCC2. The molecule has 0 aliphatic heterocycles. The van der Waals surface area contributed by atoms with Crippen LogP contribution in [0.1, 0.15) is 76.9 Å². The number of carbonyl (C=O) groups is 3. The van der Waals surface area contributed by atoms with Crippen molar-refractivity contribution in [2.75, 3.05) is 11.9 Å². The van der Waals surface area contributed by atoms with E-state index in [1.165, 1.54) is 24.0 Å². The molecule has 0 saturated carbocycles. The van der Waals surface area contributed by atoms with E-state index in [0.29, 0.717) is 29.3 Å². The standard InChI is InChI=1S/C26H32N2O3/c1-17(2)16-27-26(31)22-10-11-23(18(3)14-22)28-25(30)13-12-24(29)21-9-8-19-6-4-5-7-20(19)15-21/h8-11,14-15,17H,4-7,12-13,16H2,1-3H3,(H,27,31)(H,28,30). The molecule has 2 aromatic carbocycles. The van der Waals surface area contributed by atoms with Crippen LogP contribution in [0, 0.1) is 12.8 Å². The molecule has 2 amide bonds. The molecule has 5 heteroatoms. The highest BCUT2D eigenvalue weighted by atomic mass is 16.2. The maximum Gasteiger partial charge on any atom is 0.251 e. The lowest BCUT2D eigenvalue weighted by Crippen LogP contribution is -2.27. The average molecular weight is 421 g/mol. The Morgan fingerprint density at radius 3 is 2.32 bits per heavy atom. The zero-order valence-corrected chi connectivity index (χ0v) is 18.7. The van der Waals surface area contributed by atoms with Crippen molar-refractivity contribution in [3.8, 4) is 0 Å². The molecule has 31 heavy (non-hydrogen) atoms. The fourth-order valence-corrected chi connectivity index (χ4v) is 3.84. The third kappa shape index (κ3) is 6.27. The molecular formula is C26H32N2O3. The average Bonchev–Trinajstić information content (AvgIpc) is 2.76. The van der Waals surface area contributed by atoms with Crippen LogP contribution in [0.4, 0.5) is 5.69 Å². The van der Waals surface area contributed by atoms with E-state index in [4.69, 9.17) is 0 Å². The van der Waals surface area contributed by atoms with Gasteiger partial charge < -0.3 is 10.6 Å². The van der Waals surface area contributed by atoms with Crippen LogP contribution in [0.25, 0.3) is 0 Å². The molecule has 0 radical (unpaired) electrons. The van der Waals surface area contributed by atoms with E-state index < -0.39 is 0 Å². The van der Waals surface area contributed by atoms with E-state index in [9.17, 15) is 14.4 Å². The Bertz CT molecular complexity index is 979. The van der Waals surface area contributed by atoms with Gasteiger partial charge in [0, 0.05) is 36.2 Å². The van der Waals surface area contributed by atoms with Crippen molar-refractivity contribution in [3.63, 3.8) is 0 Å². The third-order valence-corrected chi connectivity index (χ3v) is 5.68. The minimum Gasteiger partial charge on any atom is -0.352 e. The number of rotatable bonds is 8. The molecule has 0 atom stereocenters. The molecule has 0 saturated heterocycles. The normalized spacial score (nSPS) is 12.9. The second-order valence-corrected chi connectivity index (χ2v) is 8.80. The van der Waals surface area contributed by atoms with Crippen LogP contribution in [-0.4, -0.2) is 24.1 Å². The number of benzene rings is 2. The largest absolute Gasteiger partial charge is 0.352 e. The smallest absolute Gasteiger partial charge is 0.251 e. The van der Waals surface area contributed by atoms with Crippen molar-refractivity contribution in [2.24, 2.45) is 5.92 Å². The van der Waals surface area contributed by atoms with Crippen molar-refractivity contribution < 1.29 is 14.4 Å². The zero-order valence-electron chi connectivity index (χ0n) is 18.7. The predicted molar refractivity (Wildman–Crippen MR) is 124 cm³/mol. The van der Waals surface area contributed by atoms with Gasteiger partial charge in [-0.2, -0.15) is 0 Å². The Kier molecular flexibility index (Phi) is 7.61. The number of carbonyl (C=O) groups excluding carboxylic acids is 3. The molecule has 0 spiro atoms. The fraction of sp³-hybridized carbons (Fsp3) is 0.423. The first-order valence-electron chi connectivity index (χ1n) is 11.2. The van der Waals surface area contributed by atoms with Crippen LogP contribution in [0.5, 0.6) is 0 Å². The number of ketones is 1. The number of aryl methyl sites for hydroxylation is 3. The van der Waals surface area contributed by atoms with Crippen LogP contribution in [0.3, 0.4) is 0 Å². The summed E-state index contributed by atoms with van der Waals surface area (Å²) in [6.07, 6.45) is 4.81. The van der Waals surface area contributed by atoms with Gasteiger partial charge in [-0.05, 0) is 79.5 Å². The number of hydrogen-bond acceptors (Lipinski definition) is 3. The molecule has 1 aliphatic rings. The van der Waals surface area contributed by atoms with Crippen molar-refractivity contribution in [1.82, 2.24) is 5.32 Å². The number of anilines is 1. The lowest BCUT2D eigenvalue weighted by molar-refractivity contribution is -0.116. The Labute approximate surface area is 184 Å². The molecular weight excluding hydrogens is 388 g/mol. The van der Waals surface area contributed by atoms with Gasteiger partial charge in [-0.1, -0.05) is 26.0 Å². The van der Waals surface area contributed by atoms with Crippen LogP contribution in [0.15, 0.2) is 36.4 Å². The summed E-state index contributed by atoms with van der Waals surface area (Å²) in [6, 6.07) is 11.2. The first-order valence-corrected chi connectivity index (χ1v) is 11.2. The molecule has 2 N–H and O–H groups in total. The van der Waals surface area contributed by atoms with Crippen molar-refractivity contribution in [1.29, 1.82) is 0 Å². The lowest BCUT2D eigenvalue weighted by atomic mass is 9.89. The number of hydrogen-bond donors (Lipinski definition) is 2. The number of nitrogens with one attached hydrogen (secondary N) is 2. The minimum absolute atomic E-state index is 0.00239. The van der Waals surface area contributed by atoms with Gasteiger partial charge in [-0.15, -0.1) is 0 Å². The molecule has 0 aromatic heterocycles. The van der Waals surface area contributed by atoms with Gasteiger partial charge in [0.2, 0.25) is 5.91 Å². The van der Waals surface area contributed by atoms with Gasteiger partial charge in [-0.25, -0.2) is 0 Å². The van der Waals surface area contributed by atoms with E-state index in [1.807, 2.05) is 32.9 Å². The molecule has 0 heterocycles. The Morgan fingerprint density at radius 2 is 1.61 bits per heavy atom. The summed E-state index contributed by atoms with van der Waals surface area (Å²) in [4.78, 5) is 37.1. The summed E-state index contributed by atoms with van der Waals surface area (Å²) >= 11 is 0. The van der Waals surface area contributed by atoms with Gasteiger partial charge in [0.15, 0.2) is 5.78 Å². The van der Waals surface area contributed by atoms with Gasteiger partial charge in [-0.3, -0.25) is 14.4 Å². The van der Waals surface area contributed by atoms with Crippen molar-refractivity contribution in [2.45, 2.75) is 59.3 Å². The summed E-state index contributed by atoms with van der Waals surface area (Å²) in [5.74, 6) is 0.0572. The van der Waals surface area contributed by atoms with E-state index in [-0.39, 0.29) is 30.4 Å². The molecule has 164 valence electrons. The highest BCUT2D eigenvalue weighted by molar-refractivity contribution is 6.01. The van der Waals surface area contributed by atoms with Crippen molar-refractivity contribution >= 4 is 23.3 Å². The third-order valence-electron chi connectivity index (χ3n) is 5.68. The second kappa shape index (κ2) is 10.4. The first kappa shape index (κ1) is 22.7. The monoisotopic (exact) mass is 420 g/mol. The molecule has 0 bridgehead atoms. The Hall–Kier alpha value is -2.95. The topological polar surface area (TPSA) is 75.3 Å². The Morgan fingerprint density at radius 1 is 0.903 bits per heavy atom. The molecule has 0 unspecified atom stereocenters. The maximum absolute atomic E-state index is 12.6. The predicted octanol–water partition coefficient (Wildman–Crippen LogP) is 4.86. The summed E-state index contributed by atoms with van der Waals surface area (Å²) < 4.78 is 0. The second-order valence-electron chi connectivity index (χ2n) is 8.80. The highest BCUT2D eigenvalue weighted by Gasteiger charge is 2.15. The Balaban J connectivity index is 1.53. The molecule has 0 fully saturated rings. The fourth-order valence-electron chi connectivity index (χ4n) is 3.84. The number of amides is 2. The van der Waals surface area contributed by atoms with E-state index in [0.717, 1.165) is 18.4 Å². The number of fused-ring (bicyclic) bond motifs is 1. The number of Topliss-reactive ketones (excluding diaryl/α,β-unsaturated/α-hetero) is 1. The van der Waals surface area contributed by atoms with Crippen LogP contribution < -0.4 is 10.6 Å². The maximum atomic E-state index is 12.6. The summed E-state index contributed by atoms with van der Waals surface area (Å²) in [5, 5.41) is 5.75. The minimum atomic E-state index is -0.202. The quantitative estimate of drug-likeness (QED) is 0.599.